The molecule has 1 N–H and O–H groups in total. The topological polar surface area (TPSA) is 80.7 Å². The van der Waals surface area contributed by atoms with Gasteiger partial charge >= 0.3 is 0 Å². The van der Waals surface area contributed by atoms with E-state index in [0.717, 1.165) is 64.5 Å². The molecule has 13 unspecified atom stereocenters. The van der Waals surface area contributed by atoms with Crippen molar-refractivity contribution in [3.05, 3.63) is 35.4 Å². The minimum Gasteiger partial charge on any atom is -0.390 e. The largest absolute Gasteiger partial charge is 0.390 e. The number of hydrogen-bond acceptors (Lipinski definition) is 7. The molecule has 10 heteroatoms. The standard InChI is InChI=1S/C43H62F2N2O6/c1-25-15-31(20-47(26(2)48)19-27-16-28(44)18-29(45)17-27)52-37-36(25)40(5)11-12-43-24-42(43)10-9-34(53-35-21-46(13-14-51-35)30-22-50-23-30)39(3,4)32(42)7-8-33(43)41(40,6)38(37)49/h16-18,25,30-38,49H,7-15,19-24H2,1-6H3. The Balaban J connectivity index is 0.918. The summed E-state index contributed by atoms with van der Waals surface area (Å²) in [7, 11) is 0. The lowest BCUT2D eigenvalue weighted by Crippen LogP contribution is -2.60. The Bertz CT molecular complexity index is 1590. The highest BCUT2D eigenvalue weighted by atomic mass is 19.1. The van der Waals surface area contributed by atoms with E-state index in [1.807, 2.05) is 0 Å². The van der Waals surface area contributed by atoms with Gasteiger partial charge in [-0.3, -0.25) is 9.69 Å². The van der Waals surface area contributed by atoms with Gasteiger partial charge in [0.25, 0.3) is 0 Å². The molecule has 9 rings (SSSR count). The molecule has 294 valence electrons. The van der Waals surface area contributed by atoms with Gasteiger partial charge in [-0.1, -0.05) is 34.6 Å². The number of fused-ring (bicyclic) bond motifs is 4. The van der Waals surface area contributed by atoms with Gasteiger partial charge in [-0.25, -0.2) is 8.78 Å². The van der Waals surface area contributed by atoms with Gasteiger partial charge in [-0.2, -0.15) is 0 Å². The van der Waals surface area contributed by atoms with E-state index in [0.29, 0.717) is 47.9 Å². The molecule has 0 aromatic heterocycles. The number of carbonyl (C=O) groups excluding carboxylic acids is 1. The highest BCUT2D eigenvalue weighted by Crippen LogP contribution is 2.89. The van der Waals surface area contributed by atoms with Crippen LogP contribution in [0, 0.1) is 62.4 Å². The molecule has 53 heavy (non-hydrogen) atoms. The third kappa shape index (κ3) is 5.34. The van der Waals surface area contributed by atoms with E-state index in [2.05, 4.69) is 39.5 Å². The van der Waals surface area contributed by atoms with E-state index in [1.54, 1.807) is 4.90 Å². The van der Waals surface area contributed by atoms with Gasteiger partial charge in [-0.05, 0) is 114 Å². The number of ether oxygens (including phenoxy) is 4. The van der Waals surface area contributed by atoms with Crippen LogP contribution in [0.5, 0.6) is 0 Å². The first kappa shape index (κ1) is 36.9. The van der Waals surface area contributed by atoms with Crippen molar-refractivity contribution in [1.82, 2.24) is 9.80 Å². The van der Waals surface area contributed by atoms with Gasteiger partial charge in [0.05, 0.1) is 56.8 Å². The van der Waals surface area contributed by atoms with Gasteiger partial charge in [0.1, 0.15) is 11.6 Å². The van der Waals surface area contributed by atoms with Crippen molar-refractivity contribution in [2.24, 2.45) is 50.7 Å². The monoisotopic (exact) mass is 740 g/mol. The number of aliphatic hydroxyl groups excluding tert-OH is 1. The van der Waals surface area contributed by atoms with Crippen LogP contribution >= 0.6 is 0 Å². The molecule has 3 heterocycles. The van der Waals surface area contributed by atoms with Crippen LogP contribution in [-0.4, -0.2) is 97.0 Å². The van der Waals surface area contributed by atoms with E-state index in [1.165, 1.54) is 38.3 Å². The normalized spacial score (nSPS) is 47.3. The summed E-state index contributed by atoms with van der Waals surface area (Å²) in [5.74, 6) is 0.0931. The van der Waals surface area contributed by atoms with Crippen LogP contribution in [0.4, 0.5) is 8.78 Å². The highest BCUT2D eigenvalue weighted by Gasteiger charge is 2.84. The molecular formula is C43H62F2N2O6. The summed E-state index contributed by atoms with van der Waals surface area (Å²) in [6.45, 7) is 18.2. The summed E-state index contributed by atoms with van der Waals surface area (Å²) in [6.07, 6.45) is 7.74. The fourth-order valence-electron chi connectivity index (χ4n) is 14.9. The van der Waals surface area contributed by atoms with Crippen LogP contribution in [0.2, 0.25) is 0 Å². The molecule has 1 aromatic carbocycles. The Morgan fingerprint density at radius 3 is 2.43 bits per heavy atom. The van der Waals surface area contributed by atoms with Crippen molar-refractivity contribution < 1.29 is 37.6 Å². The summed E-state index contributed by atoms with van der Waals surface area (Å²) in [4.78, 5) is 16.9. The van der Waals surface area contributed by atoms with Gasteiger partial charge in [-0.15, -0.1) is 0 Å². The van der Waals surface area contributed by atoms with Crippen molar-refractivity contribution >= 4 is 5.91 Å². The Kier molecular flexibility index (Phi) is 8.82. The number of aliphatic hydroxyl groups is 1. The molecule has 13 atom stereocenters. The highest BCUT2D eigenvalue weighted by molar-refractivity contribution is 5.73. The summed E-state index contributed by atoms with van der Waals surface area (Å²) in [5.41, 5.74) is 0.665. The minimum absolute atomic E-state index is 0.0343. The maximum atomic E-state index is 14.0. The van der Waals surface area contributed by atoms with Gasteiger partial charge < -0.3 is 29.0 Å². The zero-order valence-corrected chi connectivity index (χ0v) is 32.8. The van der Waals surface area contributed by atoms with Gasteiger partial charge in [0.15, 0.2) is 6.29 Å². The second-order valence-electron chi connectivity index (χ2n) is 19.9. The lowest BCUT2D eigenvalue weighted by Gasteiger charge is -2.64. The quantitative estimate of drug-likeness (QED) is 0.339. The molecule has 8 nitrogen and oxygen atoms in total. The number of nitrogens with zero attached hydrogens (tertiary/aromatic N) is 2. The molecule has 8 aliphatic rings. The van der Waals surface area contributed by atoms with E-state index < -0.39 is 17.7 Å². The second-order valence-corrected chi connectivity index (χ2v) is 19.9. The maximum absolute atomic E-state index is 14.0. The summed E-state index contributed by atoms with van der Waals surface area (Å²) in [5, 5.41) is 12.7. The number of morpholine rings is 1. The van der Waals surface area contributed by atoms with Crippen LogP contribution in [0.3, 0.4) is 0 Å². The lowest BCUT2D eigenvalue weighted by molar-refractivity contribution is -0.256. The number of benzene rings is 1. The molecular weight excluding hydrogens is 678 g/mol. The Hall–Kier alpha value is -1.69. The summed E-state index contributed by atoms with van der Waals surface area (Å²) in [6, 6.07) is 3.92. The summed E-state index contributed by atoms with van der Waals surface area (Å²) >= 11 is 0. The molecule has 5 saturated carbocycles. The smallest absolute Gasteiger partial charge is 0.219 e. The number of carbonyl (C=O) groups is 1. The minimum atomic E-state index is -0.651. The van der Waals surface area contributed by atoms with Crippen molar-refractivity contribution in [2.45, 2.75) is 136 Å². The van der Waals surface area contributed by atoms with Crippen molar-refractivity contribution in [2.75, 3.05) is 39.5 Å². The lowest BCUT2D eigenvalue weighted by atomic mass is 9.41. The number of hydrogen-bond donors (Lipinski definition) is 1. The van der Waals surface area contributed by atoms with Crippen LogP contribution in [0.25, 0.3) is 0 Å². The molecule has 5 aliphatic carbocycles. The van der Waals surface area contributed by atoms with Crippen LogP contribution in [0.15, 0.2) is 18.2 Å². The van der Waals surface area contributed by atoms with Crippen molar-refractivity contribution in [3.8, 4) is 0 Å². The van der Waals surface area contributed by atoms with Crippen molar-refractivity contribution in [1.29, 1.82) is 0 Å². The second kappa shape index (κ2) is 12.7. The third-order valence-corrected chi connectivity index (χ3v) is 17.5. The van der Waals surface area contributed by atoms with Crippen LogP contribution < -0.4 is 0 Å². The van der Waals surface area contributed by atoms with E-state index in [-0.39, 0.29) is 64.6 Å². The fraction of sp³-hybridized carbons (Fsp3) is 0.837. The molecule has 0 bridgehead atoms. The fourth-order valence-corrected chi connectivity index (χ4v) is 14.9. The molecule has 1 aromatic rings. The van der Waals surface area contributed by atoms with Gasteiger partial charge in [0.2, 0.25) is 5.91 Å². The zero-order chi connectivity index (χ0) is 37.3. The average molecular weight is 741 g/mol. The first-order chi connectivity index (χ1) is 25.1. The average Bonchev–Trinajstić information content (AvgIpc) is 3.69. The maximum Gasteiger partial charge on any atom is 0.219 e. The number of amides is 1. The zero-order valence-electron chi connectivity index (χ0n) is 32.8. The van der Waals surface area contributed by atoms with Crippen LogP contribution in [-0.2, 0) is 30.3 Å². The molecule has 1 amide bonds. The van der Waals surface area contributed by atoms with Gasteiger partial charge in [0, 0.05) is 38.0 Å². The molecule has 3 aliphatic heterocycles. The molecule has 0 radical (unpaired) electrons. The van der Waals surface area contributed by atoms with E-state index in [9.17, 15) is 18.7 Å². The molecule has 8 fully saturated rings. The first-order valence-electron chi connectivity index (χ1n) is 20.8. The summed E-state index contributed by atoms with van der Waals surface area (Å²) < 4.78 is 53.6. The predicted molar refractivity (Wildman–Crippen MR) is 194 cm³/mol. The molecule has 2 spiro atoms. The van der Waals surface area contributed by atoms with Crippen LogP contribution in [0.1, 0.15) is 98.5 Å². The van der Waals surface area contributed by atoms with E-state index >= 15 is 0 Å². The number of halogens is 2. The molecule has 3 saturated heterocycles. The SMILES string of the molecule is CC(=O)N(Cc1cc(F)cc(F)c1)CC1CC(C)C2C(O1)C(O)C1(C)C3CCC4C(C)(C)C(OC5CN(C6COC6)CCO5)CCC45CC35CCC21C. The van der Waals surface area contributed by atoms with E-state index in [4.69, 9.17) is 18.9 Å². The Labute approximate surface area is 314 Å². The Morgan fingerprint density at radius 2 is 1.74 bits per heavy atom. The Morgan fingerprint density at radius 1 is 1.02 bits per heavy atom. The predicted octanol–water partition coefficient (Wildman–Crippen LogP) is 6.57. The first-order valence-corrected chi connectivity index (χ1v) is 20.8. The third-order valence-electron chi connectivity index (χ3n) is 17.5. The number of rotatable bonds is 7. The van der Waals surface area contributed by atoms with Crippen molar-refractivity contribution in [3.63, 3.8) is 0 Å².